The van der Waals surface area contributed by atoms with Gasteiger partial charge in [-0.25, -0.2) is 0 Å². The highest BCUT2D eigenvalue weighted by Crippen LogP contribution is 2.21. The summed E-state index contributed by atoms with van der Waals surface area (Å²) in [5, 5.41) is 21.0. The topological polar surface area (TPSA) is 154 Å². The zero-order chi connectivity index (χ0) is 18.9. The highest BCUT2D eigenvalue weighted by atomic mass is 16.5. The molecule has 0 amide bonds. The minimum absolute atomic E-state index is 0.312. The molecule has 4 atom stereocenters. The minimum atomic E-state index is -0.560. The summed E-state index contributed by atoms with van der Waals surface area (Å²) < 4.78 is 6.17. The molecule has 7 nitrogen and oxygen atoms in total. The van der Waals surface area contributed by atoms with Gasteiger partial charge >= 0.3 is 0 Å². The van der Waals surface area contributed by atoms with Gasteiger partial charge in [-0.05, 0) is 90.4 Å². The maximum atomic E-state index is 10.5. The molecular formula is C18H42N4O3. The van der Waals surface area contributed by atoms with Crippen LogP contribution in [0, 0.1) is 0 Å². The monoisotopic (exact) mass is 362 g/mol. The van der Waals surface area contributed by atoms with Crippen LogP contribution in [-0.2, 0) is 4.74 Å². The molecule has 0 aliphatic heterocycles. The average Bonchev–Trinajstić information content (AvgIpc) is 2.61. The molecule has 0 aromatic carbocycles. The van der Waals surface area contributed by atoms with Crippen LogP contribution in [0.5, 0.6) is 0 Å². The molecule has 0 aliphatic carbocycles. The van der Waals surface area contributed by atoms with Gasteiger partial charge in [0.05, 0.1) is 24.4 Å². The smallest absolute Gasteiger partial charge is 0.0839 e. The zero-order valence-electron chi connectivity index (χ0n) is 15.8. The number of hydrogen-bond acceptors (Lipinski definition) is 7. The van der Waals surface area contributed by atoms with Crippen LogP contribution >= 0.6 is 0 Å². The largest absolute Gasteiger partial charge is 0.390 e. The lowest BCUT2D eigenvalue weighted by Crippen LogP contribution is -2.39. The molecule has 0 bridgehead atoms. The summed E-state index contributed by atoms with van der Waals surface area (Å²) in [5.41, 5.74) is 22.3. The van der Waals surface area contributed by atoms with Crippen molar-refractivity contribution in [1.82, 2.24) is 0 Å². The van der Waals surface area contributed by atoms with E-state index in [2.05, 4.69) is 0 Å². The highest BCUT2D eigenvalue weighted by Gasteiger charge is 2.27. The van der Waals surface area contributed by atoms with Gasteiger partial charge in [-0.15, -0.1) is 0 Å². The molecule has 0 aliphatic rings. The third kappa shape index (κ3) is 12.7. The van der Waals surface area contributed by atoms with Gasteiger partial charge in [-0.1, -0.05) is 0 Å². The molecule has 0 aromatic heterocycles. The second-order valence-corrected chi connectivity index (χ2v) is 6.78. The summed E-state index contributed by atoms with van der Waals surface area (Å²) in [7, 11) is 0. The Morgan fingerprint density at radius 2 is 0.880 bits per heavy atom. The molecule has 152 valence electrons. The molecule has 0 spiro atoms. The Balaban J connectivity index is 4.71. The van der Waals surface area contributed by atoms with Crippen LogP contribution in [0.4, 0.5) is 0 Å². The first-order valence-electron chi connectivity index (χ1n) is 9.92. The Hall–Kier alpha value is -0.280. The molecule has 0 heterocycles. The van der Waals surface area contributed by atoms with Crippen LogP contribution in [0.2, 0.25) is 0 Å². The van der Waals surface area contributed by atoms with E-state index < -0.39 is 12.2 Å². The number of nitrogens with two attached hydrogens (primary N) is 4. The van der Waals surface area contributed by atoms with Gasteiger partial charge in [0.2, 0.25) is 0 Å². The van der Waals surface area contributed by atoms with Crippen molar-refractivity contribution < 1.29 is 14.9 Å². The molecule has 7 heteroatoms. The molecule has 10 N–H and O–H groups in total. The molecular weight excluding hydrogens is 320 g/mol. The third-order valence-electron chi connectivity index (χ3n) is 4.50. The Morgan fingerprint density at radius 1 is 0.520 bits per heavy atom. The molecule has 0 rings (SSSR count). The molecule has 0 saturated carbocycles. The lowest BCUT2D eigenvalue weighted by molar-refractivity contribution is -0.124. The first-order chi connectivity index (χ1) is 12.1. The Bertz CT molecular complexity index is 259. The summed E-state index contributed by atoms with van der Waals surface area (Å²) in [6, 6.07) is 0. The van der Waals surface area contributed by atoms with Gasteiger partial charge in [-0.2, -0.15) is 0 Å². The zero-order valence-corrected chi connectivity index (χ0v) is 15.8. The van der Waals surface area contributed by atoms with E-state index in [9.17, 15) is 10.2 Å². The predicted molar refractivity (Wildman–Crippen MR) is 103 cm³/mol. The predicted octanol–water partition coefficient (Wildman–Crippen LogP) is 0.198. The van der Waals surface area contributed by atoms with Gasteiger partial charge in [-0.3, -0.25) is 0 Å². The number of unbranched alkanes of at least 4 members (excludes halogenated alkanes) is 2. The number of aliphatic hydroxyl groups excluding tert-OH is 2. The fourth-order valence-corrected chi connectivity index (χ4v) is 2.93. The maximum absolute atomic E-state index is 10.5. The van der Waals surface area contributed by atoms with Gasteiger partial charge in [0.1, 0.15) is 0 Å². The Morgan fingerprint density at radius 3 is 1.20 bits per heavy atom. The lowest BCUT2D eigenvalue weighted by atomic mass is 9.99. The van der Waals surface area contributed by atoms with E-state index >= 15 is 0 Å². The quantitative estimate of drug-likeness (QED) is 0.190. The summed E-state index contributed by atoms with van der Waals surface area (Å²) in [5.74, 6) is 0. The molecule has 4 unspecified atom stereocenters. The summed E-state index contributed by atoms with van der Waals surface area (Å²) >= 11 is 0. The van der Waals surface area contributed by atoms with Crippen molar-refractivity contribution in [2.75, 3.05) is 26.2 Å². The van der Waals surface area contributed by atoms with Crippen molar-refractivity contribution in [2.24, 2.45) is 22.9 Å². The van der Waals surface area contributed by atoms with Crippen molar-refractivity contribution in [3.05, 3.63) is 0 Å². The van der Waals surface area contributed by atoms with Gasteiger partial charge < -0.3 is 37.9 Å². The van der Waals surface area contributed by atoms with Gasteiger partial charge in [0, 0.05) is 0 Å². The standard InChI is InChI=1S/C18H42N4O3/c19-11-3-1-7-15(23)17(9-5-13-21)25-18(10-6-14-22)16(24)8-2-4-12-20/h15-18,23-24H,1-14,19-22H2. The first-order valence-corrected chi connectivity index (χ1v) is 9.92. The highest BCUT2D eigenvalue weighted by molar-refractivity contribution is 4.77. The average molecular weight is 363 g/mol. The number of rotatable bonds is 18. The van der Waals surface area contributed by atoms with E-state index in [-0.39, 0.29) is 12.2 Å². The third-order valence-corrected chi connectivity index (χ3v) is 4.50. The van der Waals surface area contributed by atoms with Crippen molar-refractivity contribution in [3.8, 4) is 0 Å². The maximum Gasteiger partial charge on any atom is 0.0839 e. The van der Waals surface area contributed by atoms with Crippen LogP contribution < -0.4 is 22.9 Å². The minimum Gasteiger partial charge on any atom is -0.390 e. The molecule has 0 radical (unpaired) electrons. The number of hydrogen-bond donors (Lipinski definition) is 6. The van der Waals surface area contributed by atoms with Crippen molar-refractivity contribution in [2.45, 2.75) is 88.6 Å². The van der Waals surface area contributed by atoms with Crippen LogP contribution in [0.15, 0.2) is 0 Å². The molecule has 0 fully saturated rings. The van der Waals surface area contributed by atoms with Crippen molar-refractivity contribution >= 4 is 0 Å². The Labute approximate surface area is 153 Å². The van der Waals surface area contributed by atoms with Crippen molar-refractivity contribution in [3.63, 3.8) is 0 Å². The summed E-state index contributed by atoms with van der Waals surface area (Å²) in [4.78, 5) is 0. The fourth-order valence-electron chi connectivity index (χ4n) is 2.93. The fraction of sp³-hybridized carbons (Fsp3) is 1.00. The van der Waals surface area contributed by atoms with Crippen molar-refractivity contribution in [1.29, 1.82) is 0 Å². The SMILES string of the molecule is NCCCCC(O)C(CCCN)OC(CCCN)C(O)CCCCN. The normalized spacial score (nSPS) is 16.6. The van der Waals surface area contributed by atoms with Gasteiger partial charge in [0.25, 0.3) is 0 Å². The van der Waals surface area contributed by atoms with E-state index in [1.807, 2.05) is 0 Å². The van der Waals surface area contributed by atoms with Crippen LogP contribution in [0.3, 0.4) is 0 Å². The number of ether oxygens (including phenoxy) is 1. The first kappa shape index (κ1) is 24.7. The van der Waals surface area contributed by atoms with E-state index in [1.165, 1.54) is 0 Å². The second kappa shape index (κ2) is 17.1. The molecule has 0 saturated heterocycles. The van der Waals surface area contributed by atoms with Crippen LogP contribution in [0.25, 0.3) is 0 Å². The molecule has 0 aromatic rings. The van der Waals surface area contributed by atoms with E-state index in [1.54, 1.807) is 0 Å². The van der Waals surface area contributed by atoms with Crippen LogP contribution in [0.1, 0.15) is 64.2 Å². The van der Waals surface area contributed by atoms with E-state index in [4.69, 9.17) is 27.7 Å². The Kier molecular flexibility index (Phi) is 17.0. The second-order valence-electron chi connectivity index (χ2n) is 6.78. The lowest BCUT2D eigenvalue weighted by Gasteiger charge is -2.31. The van der Waals surface area contributed by atoms with E-state index in [0.29, 0.717) is 51.9 Å². The number of aliphatic hydroxyl groups is 2. The molecule has 25 heavy (non-hydrogen) atoms. The summed E-state index contributed by atoms with van der Waals surface area (Å²) in [6.45, 7) is 2.36. The van der Waals surface area contributed by atoms with E-state index in [0.717, 1.165) is 38.5 Å². The van der Waals surface area contributed by atoms with Gasteiger partial charge in [0.15, 0.2) is 0 Å². The van der Waals surface area contributed by atoms with Crippen LogP contribution in [-0.4, -0.2) is 60.8 Å². The summed E-state index contributed by atoms with van der Waals surface area (Å²) in [6.07, 6.45) is 6.02.